The number of ether oxygens (including phenoxy) is 1. The van der Waals surface area contributed by atoms with Crippen LogP contribution in [0.5, 0.6) is 5.75 Å². The highest BCUT2D eigenvalue weighted by molar-refractivity contribution is 6.32. The first-order chi connectivity index (χ1) is 8.27. The molecule has 2 N–H and O–H groups in total. The molecule has 0 heterocycles. The number of benzene rings is 1. The van der Waals surface area contributed by atoms with Gasteiger partial charge in [0, 0.05) is 12.1 Å². The summed E-state index contributed by atoms with van der Waals surface area (Å²) in [6, 6.07) is 2.02. The Kier molecular flexibility index (Phi) is 4.26. The van der Waals surface area contributed by atoms with Crippen molar-refractivity contribution in [2.45, 2.75) is 38.6 Å². The van der Waals surface area contributed by atoms with E-state index in [0.29, 0.717) is 17.3 Å². The number of fused-ring (bicyclic) bond motifs is 1. The first kappa shape index (κ1) is 12.7. The van der Waals surface area contributed by atoms with Crippen LogP contribution in [0.15, 0.2) is 6.07 Å². The molecule has 1 aliphatic rings. The van der Waals surface area contributed by atoms with Gasteiger partial charge in [0.15, 0.2) is 0 Å². The molecule has 0 fully saturated rings. The number of aryl methyl sites for hydroxylation is 1. The average Bonchev–Trinajstić information content (AvgIpc) is 2.54. The van der Waals surface area contributed by atoms with E-state index in [-0.39, 0.29) is 0 Å². The highest BCUT2D eigenvalue weighted by atomic mass is 35.5. The Labute approximate surface area is 107 Å². The van der Waals surface area contributed by atoms with E-state index in [1.807, 2.05) is 6.07 Å². The largest absolute Gasteiger partial charge is 0.495 e. The van der Waals surface area contributed by atoms with Gasteiger partial charge in [-0.3, -0.25) is 0 Å². The van der Waals surface area contributed by atoms with E-state index in [4.69, 9.17) is 21.5 Å². The minimum absolute atomic E-state index is 0.381. The Bertz CT molecular complexity index is 407. The molecule has 0 unspecified atom stereocenters. The molecule has 0 atom stereocenters. The number of hydrogen-bond acceptors (Lipinski definition) is 3. The van der Waals surface area contributed by atoms with E-state index >= 15 is 0 Å². The van der Waals surface area contributed by atoms with Crippen LogP contribution < -0.4 is 10.2 Å². The Hall–Kier alpha value is -0.770. The molecule has 1 aliphatic carbocycles. The lowest BCUT2D eigenvalue weighted by atomic mass is 9.96. The summed E-state index contributed by atoms with van der Waals surface area (Å²) in [4.78, 5) is 0. The van der Waals surface area contributed by atoms with Gasteiger partial charge in [0.2, 0.25) is 0 Å². The maximum atomic E-state index is 8.95. The molecule has 17 heavy (non-hydrogen) atoms. The Morgan fingerprint density at radius 3 is 2.82 bits per heavy atom. The quantitative estimate of drug-likeness (QED) is 0.644. The van der Waals surface area contributed by atoms with Crippen molar-refractivity contribution in [3.63, 3.8) is 0 Å². The SMILES string of the molecule is COc1c(Cl)cc2c(c1CNO)CCCCC2. The molecule has 4 heteroatoms. The number of hydroxylamine groups is 1. The van der Waals surface area contributed by atoms with Gasteiger partial charge in [-0.15, -0.1) is 0 Å². The molecule has 0 saturated heterocycles. The minimum atomic E-state index is 0.381. The lowest BCUT2D eigenvalue weighted by Crippen LogP contribution is -2.12. The van der Waals surface area contributed by atoms with Crippen molar-refractivity contribution in [2.24, 2.45) is 0 Å². The third kappa shape index (κ3) is 2.57. The second kappa shape index (κ2) is 5.71. The van der Waals surface area contributed by atoms with Crippen LogP contribution in [0.4, 0.5) is 0 Å². The molecule has 3 nitrogen and oxygen atoms in total. The number of hydrogen-bond donors (Lipinski definition) is 2. The third-order valence-corrected chi connectivity index (χ3v) is 3.66. The van der Waals surface area contributed by atoms with Gasteiger partial charge in [0.05, 0.1) is 12.1 Å². The van der Waals surface area contributed by atoms with Gasteiger partial charge in [0.25, 0.3) is 0 Å². The standard InChI is InChI=1S/C13H18ClNO2/c1-17-13-11(8-15-16)10-6-4-2-3-5-9(10)7-12(13)14/h7,15-16H,2-6,8H2,1H3. The van der Waals surface area contributed by atoms with Crippen LogP contribution in [0.1, 0.15) is 36.0 Å². The van der Waals surface area contributed by atoms with Crippen LogP contribution in [0, 0.1) is 0 Å². The summed E-state index contributed by atoms with van der Waals surface area (Å²) in [5.41, 5.74) is 5.82. The highest BCUT2D eigenvalue weighted by Crippen LogP contribution is 2.36. The smallest absolute Gasteiger partial charge is 0.142 e. The topological polar surface area (TPSA) is 41.5 Å². The predicted molar refractivity (Wildman–Crippen MR) is 67.9 cm³/mol. The number of halogens is 1. The van der Waals surface area contributed by atoms with Gasteiger partial charge in [-0.25, -0.2) is 5.48 Å². The van der Waals surface area contributed by atoms with Crippen LogP contribution in [-0.2, 0) is 19.4 Å². The second-order valence-corrected chi connectivity index (χ2v) is 4.81. The van der Waals surface area contributed by atoms with Gasteiger partial charge in [0.1, 0.15) is 5.75 Å². The fourth-order valence-electron chi connectivity index (χ4n) is 2.60. The minimum Gasteiger partial charge on any atom is -0.495 e. The molecular formula is C13H18ClNO2. The summed E-state index contributed by atoms with van der Waals surface area (Å²) in [5, 5.41) is 9.59. The van der Waals surface area contributed by atoms with Gasteiger partial charge < -0.3 is 9.94 Å². The summed E-state index contributed by atoms with van der Waals surface area (Å²) in [6.07, 6.45) is 5.76. The summed E-state index contributed by atoms with van der Waals surface area (Å²) in [7, 11) is 1.62. The van der Waals surface area contributed by atoms with Gasteiger partial charge in [-0.2, -0.15) is 0 Å². The van der Waals surface area contributed by atoms with Crippen molar-refractivity contribution in [2.75, 3.05) is 7.11 Å². The summed E-state index contributed by atoms with van der Waals surface area (Å²) in [5.74, 6) is 0.689. The van der Waals surface area contributed by atoms with E-state index < -0.39 is 0 Å². The normalized spacial score (nSPS) is 15.2. The predicted octanol–water partition coefficient (Wildman–Crippen LogP) is 3.10. The van der Waals surface area contributed by atoms with Crippen molar-refractivity contribution in [3.05, 3.63) is 27.8 Å². The Balaban J connectivity index is 2.53. The molecule has 0 radical (unpaired) electrons. The number of rotatable bonds is 3. The lowest BCUT2D eigenvalue weighted by molar-refractivity contribution is 0.160. The van der Waals surface area contributed by atoms with Crippen molar-refractivity contribution >= 4 is 11.6 Å². The fraction of sp³-hybridized carbons (Fsp3) is 0.538. The molecule has 1 aromatic rings. The van der Waals surface area contributed by atoms with Gasteiger partial charge in [-0.1, -0.05) is 18.0 Å². The van der Waals surface area contributed by atoms with Crippen molar-refractivity contribution in [1.29, 1.82) is 0 Å². The van der Waals surface area contributed by atoms with Crippen LogP contribution in [0.25, 0.3) is 0 Å². The van der Waals surface area contributed by atoms with Crippen molar-refractivity contribution in [3.8, 4) is 5.75 Å². The molecule has 2 rings (SSSR count). The van der Waals surface area contributed by atoms with Crippen LogP contribution in [0.2, 0.25) is 5.02 Å². The fourth-order valence-corrected chi connectivity index (χ4v) is 2.92. The molecule has 94 valence electrons. The molecule has 0 aromatic heterocycles. The maximum absolute atomic E-state index is 8.95. The van der Waals surface area contributed by atoms with Crippen molar-refractivity contribution < 1.29 is 9.94 Å². The van der Waals surface area contributed by atoms with E-state index in [0.717, 1.165) is 18.4 Å². The van der Waals surface area contributed by atoms with Gasteiger partial charge in [-0.05, 0) is 42.9 Å². The molecule has 0 spiro atoms. The summed E-state index contributed by atoms with van der Waals surface area (Å²) >= 11 is 6.22. The highest BCUT2D eigenvalue weighted by Gasteiger charge is 2.18. The lowest BCUT2D eigenvalue weighted by Gasteiger charge is -2.17. The molecule has 1 aromatic carbocycles. The monoisotopic (exact) mass is 255 g/mol. The zero-order valence-corrected chi connectivity index (χ0v) is 10.8. The van der Waals surface area contributed by atoms with E-state index in [2.05, 4.69) is 5.48 Å². The number of nitrogens with one attached hydrogen (secondary N) is 1. The van der Waals surface area contributed by atoms with Crippen LogP contribution in [0.3, 0.4) is 0 Å². The molecular weight excluding hydrogens is 238 g/mol. The average molecular weight is 256 g/mol. The van der Waals surface area contributed by atoms with Crippen LogP contribution >= 0.6 is 11.6 Å². The molecule has 0 aliphatic heterocycles. The van der Waals surface area contributed by atoms with Crippen molar-refractivity contribution in [1.82, 2.24) is 5.48 Å². The van der Waals surface area contributed by atoms with Crippen LogP contribution in [-0.4, -0.2) is 12.3 Å². The Morgan fingerprint density at radius 1 is 1.35 bits per heavy atom. The zero-order valence-electron chi connectivity index (χ0n) is 10.1. The zero-order chi connectivity index (χ0) is 12.3. The van der Waals surface area contributed by atoms with E-state index in [1.165, 1.54) is 30.4 Å². The summed E-state index contributed by atoms with van der Waals surface area (Å²) in [6.45, 7) is 0.381. The van der Waals surface area contributed by atoms with E-state index in [1.54, 1.807) is 7.11 Å². The molecule has 0 amide bonds. The first-order valence-electron chi connectivity index (χ1n) is 6.02. The maximum Gasteiger partial charge on any atom is 0.142 e. The molecule has 0 saturated carbocycles. The van der Waals surface area contributed by atoms with Gasteiger partial charge >= 0.3 is 0 Å². The third-order valence-electron chi connectivity index (χ3n) is 3.38. The Morgan fingerprint density at radius 2 is 2.12 bits per heavy atom. The van der Waals surface area contributed by atoms with E-state index in [9.17, 15) is 0 Å². The molecule has 0 bridgehead atoms. The second-order valence-electron chi connectivity index (χ2n) is 4.40. The first-order valence-corrected chi connectivity index (χ1v) is 6.39. The summed E-state index contributed by atoms with van der Waals surface area (Å²) < 4.78 is 5.35. The number of methoxy groups -OCH3 is 1.